The van der Waals surface area contributed by atoms with Gasteiger partial charge < -0.3 is 19.7 Å². The molecule has 0 aromatic rings. The second kappa shape index (κ2) is 5.68. The van der Waals surface area contributed by atoms with E-state index in [0.29, 0.717) is 0 Å². The number of carboxylic acid groups (broad SMARTS) is 2. The Labute approximate surface area is 108 Å². The van der Waals surface area contributed by atoms with Crippen molar-refractivity contribution in [2.75, 3.05) is 0 Å². The van der Waals surface area contributed by atoms with Gasteiger partial charge in [0, 0.05) is 13.8 Å². The largest absolute Gasteiger partial charge is 0.481 e. The van der Waals surface area contributed by atoms with E-state index in [1.54, 1.807) is 0 Å². The highest BCUT2D eigenvalue weighted by molar-refractivity contribution is 5.78. The lowest BCUT2D eigenvalue weighted by molar-refractivity contribution is -0.173. The van der Waals surface area contributed by atoms with Gasteiger partial charge in [-0.3, -0.25) is 19.2 Å². The molecule has 8 heteroatoms. The van der Waals surface area contributed by atoms with E-state index in [-0.39, 0.29) is 6.42 Å². The van der Waals surface area contributed by atoms with Crippen LogP contribution in [0.15, 0.2) is 0 Å². The molecule has 19 heavy (non-hydrogen) atoms. The molecule has 0 aromatic heterocycles. The molecule has 1 aliphatic rings. The third kappa shape index (κ3) is 3.43. The van der Waals surface area contributed by atoms with Crippen LogP contribution < -0.4 is 0 Å². The number of carboxylic acids is 2. The molecule has 1 rings (SSSR count). The van der Waals surface area contributed by atoms with Crippen LogP contribution in [0.2, 0.25) is 0 Å². The molecule has 1 fully saturated rings. The number of ether oxygens (including phenoxy) is 2. The number of esters is 2. The number of aliphatic carboxylic acids is 2. The standard InChI is InChI=1S/C11H14O8/c1-4(12)18-8-6(10(14)15)3-7(11(16)17)9(8)19-5(2)13/h6-9H,3H2,1-2H3,(H,14,15)(H,16,17). The predicted molar refractivity (Wildman–Crippen MR) is 58.0 cm³/mol. The van der Waals surface area contributed by atoms with Gasteiger partial charge in [0.15, 0.2) is 12.2 Å². The predicted octanol–water partition coefficient (Wildman–Crippen LogP) is -0.345. The van der Waals surface area contributed by atoms with Crippen LogP contribution in [-0.4, -0.2) is 46.3 Å². The molecule has 4 atom stereocenters. The molecule has 1 aliphatic carbocycles. The van der Waals surface area contributed by atoms with Gasteiger partial charge in [-0.1, -0.05) is 0 Å². The second-order valence-electron chi connectivity index (χ2n) is 4.27. The minimum Gasteiger partial charge on any atom is -0.481 e. The van der Waals surface area contributed by atoms with E-state index in [2.05, 4.69) is 0 Å². The van der Waals surface area contributed by atoms with Crippen molar-refractivity contribution in [2.45, 2.75) is 32.5 Å². The zero-order valence-corrected chi connectivity index (χ0v) is 10.4. The van der Waals surface area contributed by atoms with Crippen molar-refractivity contribution in [3.63, 3.8) is 0 Å². The molecule has 2 N–H and O–H groups in total. The number of rotatable bonds is 4. The lowest BCUT2D eigenvalue weighted by Crippen LogP contribution is -2.40. The topological polar surface area (TPSA) is 127 Å². The number of hydrogen-bond donors (Lipinski definition) is 2. The maximum atomic E-state index is 11.1. The fraction of sp³-hybridized carbons (Fsp3) is 0.636. The summed E-state index contributed by atoms with van der Waals surface area (Å²) in [4.78, 5) is 44.1. The monoisotopic (exact) mass is 274 g/mol. The molecule has 0 bridgehead atoms. The zero-order chi connectivity index (χ0) is 14.7. The van der Waals surface area contributed by atoms with Gasteiger partial charge in [-0.05, 0) is 6.42 Å². The van der Waals surface area contributed by atoms with Crippen molar-refractivity contribution in [3.05, 3.63) is 0 Å². The fourth-order valence-corrected chi connectivity index (χ4v) is 2.16. The van der Waals surface area contributed by atoms with Crippen LogP contribution in [0, 0.1) is 11.8 Å². The lowest BCUT2D eigenvalue weighted by atomic mass is 10.0. The van der Waals surface area contributed by atoms with Crippen LogP contribution in [0.25, 0.3) is 0 Å². The van der Waals surface area contributed by atoms with Crippen LogP contribution in [0.1, 0.15) is 20.3 Å². The minimum atomic E-state index is -1.30. The molecule has 8 nitrogen and oxygen atoms in total. The Morgan fingerprint density at radius 1 is 0.842 bits per heavy atom. The highest BCUT2D eigenvalue weighted by Gasteiger charge is 2.53. The molecule has 0 heterocycles. The van der Waals surface area contributed by atoms with E-state index in [4.69, 9.17) is 19.7 Å². The maximum absolute atomic E-state index is 11.1. The Balaban J connectivity index is 3.06. The van der Waals surface area contributed by atoms with Crippen molar-refractivity contribution in [1.29, 1.82) is 0 Å². The first kappa shape index (κ1) is 14.9. The van der Waals surface area contributed by atoms with Crippen molar-refractivity contribution in [3.8, 4) is 0 Å². The first-order valence-electron chi connectivity index (χ1n) is 5.54. The van der Waals surface area contributed by atoms with E-state index in [9.17, 15) is 19.2 Å². The lowest BCUT2D eigenvalue weighted by Gasteiger charge is -2.23. The van der Waals surface area contributed by atoms with Crippen molar-refractivity contribution >= 4 is 23.9 Å². The smallest absolute Gasteiger partial charge is 0.310 e. The van der Waals surface area contributed by atoms with E-state index in [1.807, 2.05) is 0 Å². The minimum absolute atomic E-state index is 0.263. The molecule has 1 saturated carbocycles. The van der Waals surface area contributed by atoms with E-state index >= 15 is 0 Å². The average molecular weight is 274 g/mol. The summed E-state index contributed by atoms with van der Waals surface area (Å²) in [7, 11) is 0. The summed E-state index contributed by atoms with van der Waals surface area (Å²) in [6, 6.07) is 0. The summed E-state index contributed by atoms with van der Waals surface area (Å²) in [6.45, 7) is 2.13. The molecule has 0 amide bonds. The highest BCUT2D eigenvalue weighted by Crippen LogP contribution is 2.36. The SMILES string of the molecule is CC(=O)OC1C(C(=O)O)CC(C(=O)O)C1OC(C)=O. The van der Waals surface area contributed by atoms with Gasteiger partial charge in [0.1, 0.15) is 0 Å². The van der Waals surface area contributed by atoms with Crippen molar-refractivity contribution in [1.82, 2.24) is 0 Å². The Morgan fingerprint density at radius 3 is 1.37 bits per heavy atom. The molecule has 0 spiro atoms. The van der Waals surface area contributed by atoms with Crippen LogP contribution in [0.5, 0.6) is 0 Å². The van der Waals surface area contributed by atoms with Gasteiger partial charge in [0.25, 0.3) is 0 Å². The fourth-order valence-electron chi connectivity index (χ4n) is 2.16. The van der Waals surface area contributed by atoms with E-state index in [0.717, 1.165) is 13.8 Å². The van der Waals surface area contributed by atoms with Gasteiger partial charge >= 0.3 is 23.9 Å². The molecular formula is C11H14O8. The van der Waals surface area contributed by atoms with Crippen LogP contribution in [0.4, 0.5) is 0 Å². The van der Waals surface area contributed by atoms with Gasteiger partial charge in [-0.2, -0.15) is 0 Å². The van der Waals surface area contributed by atoms with E-state index < -0.39 is 47.9 Å². The summed E-state index contributed by atoms with van der Waals surface area (Å²) in [5.41, 5.74) is 0. The Kier molecular flexibility index (Phi) is 4.47. The number of hydrogen-bond acceptors (Lipinski definition) is 6. The third-order valence-corrected chi connectivity index (χ3v) is 2.86. The second-order valence-corrected chi connectivity index (χ2v) is 4.27. The summed E-state index contributed by atoms with van der Waals surface area (Å²) in [5, 5.41) is 18.0. The van der Waals surface area contributed by atoms with Gasteiger partial charge in [-0.25, -0.2) is 0 Å². The Bertz CT molecular complexity index is 377. The molecule has 0 saturated heterocycles. The molecule has 4 unspecified atom stereocenters. The molecular weight excluding hydrogens is 260 g/mol. The van der Waals surface area contributed by atoms with Crippen molar-refractivity contribution in [2.24, 2.45) is 11.8 Å². The normalized spacial score (nSPS) is 29.6. The van der Waals surface area contributed by atoms with Crippen molar-refractivity contribution < 1.29 is 38.9 Å². The Morgan fingerprint density at radius 2 is 1.16 bits per heavy atom. The summed E-state index contributed by atoms with van der Waals surface area (Å²) < 4.78 is 9.64. The van der Waals surface area contributed by atoms with E-state index in [1.165, 1.54) is 0 Å². The molecule has 106 valence electrons. The summed E-state index contributed by atoms with van der Waals surface area (Å²) in [6.07, 6.45) is -2.85. The molecule has 0 radical (unpaired) electrons. The number of carbonyl (C=O) groups is 4. The number of carbonyl (C=O) groups excluding carboxylic acids is 2. The highest BCUT2D eigenvalue weighted by atomic mass is 16.6. The zero-order valence-electron chi connectivity index (χ0n) is 10.4. The molecule has 0 aromatic carbocycles. The van der Waals surface area contributed by atoms with Crippen LogP contribution >= 0.6 is 0 Å². The summed E-state index contributed by atoms with van der Waals surface area (Å²) >= 11 is 0. The first-order valence-corrected chi connectivity index (χ1v) is 5.54. The van der Waals surface area contributed by atoms with Crippen LogP contribution in [0.3, 0.4) is 0 Å². The third-order valence-electron chi connectivity index (χ3n) is 2.86. The van der Waals surface area contributed by atoms with Gasteiger partial charge in [-0.15, -0.1) is 0 Å². The molecule has 0 aliphatic heterocycles. The maximum Gasteiger partial charge on any atom is 0.310 e. The quantitative estimate of drug-likeness (QED) is 0.666. The van der Waals surface area contributed by atoms with Gasteiger partial charge in [0.05, 0.1) is 11.8 Å². The first-order chi connectivity index (χ1) is 8.73. The summed E-state index contributed by atoms with van der Waals surface area (Å²) in [5.74, 6) is -6.55. The van der Waals surface area contributed by atoms with Gasteiger partial charge in [0.2, 0.25) is 0 Å². The Hall–Kier alpha value is -2.12. The van der Waals surface area contributed by atoms with Crippen LogP contribution in [-0.2, 0) is 28.7 Å². The average Bonchev–Trinajstić information content (AvgIpc) is 2.56.